The lowest BCUT2D eigenvalue weighted by atomic mass is 9.75. The molecule has 0 aliphatic heterocycles. The second-order valence-corrected chi connectivity index (χ2v) is 8.27. The van der Waals surface area contributed by atoms with E-state index < -0.39 is 5.54 Å². The monoisotopic (exact) mass is 404 g/mol. The molecule has 1 fully saturated rings. The second-order valence-electron chi connectivity index (χ2n) is 8.27. The Morgan fingerprint density at radius 2 is 1.77 bits per heavy atom. The molecule has 7 nitrogen and oxygen atoms in total. The van der Waals surface area contributed by atoms with Crippen LogP contribution in [0.15, 0.2) is 54.6 Å². The smallest absolute Gasteiger partial charge is 0.315 e. The van der Waals surface area contributed by atoms with Crippen molar-refractivity contribution in [3.05, 3.63) is 66.0 Å². The van der Waals surface area contributed by atoms with Crippen molar-refractivity contribution in [2.45, 2.75) is 45.1 Å². The maximum Gasteiger partial charge on any atom is 0.322 e. The Balaban J connectivity index is 1.73. The molecule has 2 aromatic carbocycles. The predicted octanol–water partition coefficient (Wildman–Crippen LogP) is 4.54. The molecule has 0 saturated heterocycles. The van der Waals surface area contributed by atoms with E-state index in [1.165, 1.54) is 0 Å². The van der Waals surface area contributed by atoms with Crippen molar-refractivity contribution in [2.75, 3.05) is 12.4 Å². The summed E-state index contributed by atoms with van der Waals surface area (Å²) in [6.45, 7) is 4.31. The van der Waals surface area contributed by atoms with Crippen LogP contribution in [0.1, 0.15) is 44.0 Å². The molecule has 1 heterocycles. The summed E-state index contributed by atoms with van der Waals surface area (Å²) < 4.78 is 1.80. The van der Waals surface area contributed by atoms with Gasteiger partial charge in [-0.3, -0.25) is 0 Å². The second kappa shape index (κ2) is 8.26. The van der Waals surface area contributed by atoms with Gasteiger partial charge in [-0.05, 0) is 72.7 Å². The number of rotatable bonds is 4. The summed E-state index contributed by atoms with van der Waals surface area (Å²) in [4.78, 5) is 15.0. The van der Waals surface area contributed by atoms with Crippen molar-refractivity contribution in [3.63, 3.8) is 0 Å². The average molecular weight is 405 g/mol. The maximum absolute atomic E-state index is 13.2. The van der Waals surface area contributed by atoms with Gasteiger partial charge in [-0.1, -0.05) is 43.3 Å². The van der Waals surface area contributed by atoms with E-state index in [2.05, 4.69) is 27.8 Å². The molecule has 0 radical (unpaired) electrons. The molecule has 30 heavy (non-hydrogen) atoms. The summed E-state index contributed by atoms with van der Waals surface area (Å²) in [5.74, 6) is 1.33. The largest absolute Gasteiger partial charge is 0.322 e. The number of benzene rings is 2. The highest BCUT2D eigenvalue weighted by Gasteiger charge is 2.46. The fourth-order valence-electron chi connectivity index (χ4n) is 4.31. The third-order valence-electron chi connectivity index (χ3n) is 6.30. The van der Waals surface area contributed by atoms with Crippen LogP contribution >= 0.6 is 0 Å². The van der Waals surface area contributed by atoms with Crippen molar-refractivity contribution < 1.29 is 4.79 Å². The molecule has 1 aliphatic carbocycles. The summed E-state index contributed by atoms with van der Waals surface area (Å²) in [6.07, 6.45) is 3.67. The Morgan fingerprint density at radius 3 is 2.47 bits per heavy atom. The molecule has 1 saturated carbocycles. The number of carbonyl (C=O) groups is 1. The highest BCUT2D eigenvalue weighted by Crippen LogP contribution is 2.43. The van der Waals surface area contributed by atoms with Gasteiger partial charge in [0.2, 0.25) is 0 Å². The number of amides is 2. The topological polar surface area (TPSA) is 75.9 Å². The number of para-hydroxylation sites is 2. The van der Waals surface area contributed by atoms with E-state index in [4.69, 9.17) is 0 Å². The maximum atomic E-state index is 13.2. The third-order valence-corrected chi connectivity index (χ3v) is 6.30. The minimum absolute atomic E-state index is 0.157. The molecule has 3 aromatic rings. The fourth-order valence-corrected chi connectivity index (χ4v) is 4.31. The van der Waals surface area contributed by atoms with Gasteiger partial charge in [-0.25, -0.2) is 4.79 Å². The first-order chi connectivity index (χ1) is 14.5. The molecule has 156 valence electrons. The molecule has 0 unspecified atom stereocenters. The number of aromatic nitrogens is 4. The zero-order chi connectivity index (χ0) is 21.1. The zero-order valence-electron chi connectivity index (χ0n) is 17.7. The number of hydrogen-bond acceptors (Lipinski definition) is 4. The minimum Gasteiger partial charge on any atom is -0.315 e. The number of carbonyl (C=O) groups excluding carboxylic acids is 1. The molecule has 2 amide bonds. The predicted molar refractivity (Wildman–Crippen MR) is 116 cm³/mol. The van der Waals surface area contributed by atoms with Gasteiger partial charge in [-0.15, -0.1) is 5.10 Å². The normalized spacial score (nSPS) is 21.2. The van der Waals surface area contributed by atoms with Gasteiger partial charge in [-0.2, -0.15) is 4.68 Å². The molecule has 0 atom stereocenters. The van der Waals surface area contributed by atoms with Gasteiger partial charge in [0.1, 0.15) is 5.54 Å². The molecule has 1 aromatic heterocycles. The molecule has 1 aliphatic rings. The summed E-state index contributed by atoms with van der Waals surface area (Å²) >= 11 is 0. The first-order valence-electron chi connectivity index (χ1n) is 10.5. The third kappa shape index (κ3) is 3.67. The molecule has 0 spiro atoms. The summed E-state index contributed by atoms with van der Waals surface area (Å²) in [7, 11) is 1.85. The van der Waals surface area contributed by atoms with Crippen LogP contribution in [-0.2, 0) is 5.54 Å². The first kappa shape index (κ1) is 20.1. The summed E-state index contributed by atoms with van der Waals surface area (Å²) in [5, 5.41) is 15.8. The van der Waals surface area contributed by atoms with Gasteiger partial charge in [0.25, 0.3) is 0 Å². The van der Waals surface area contributed by atoms with Crippen LogP contribution in [-0.4, -0.2) is 38.2 Å². The van der Waals surface area contributed by atoms with Crippen molar-refractivity contribution >= 4 is 11.7 Å². The van der Waals surface area contributed by atoms with Crippen LogP contribution in [0.5, 0.6) is 0 Å². The van der Waals surface area contributed by atoms with E-state index in [1.807, 2.05) is 68.6 Å². The number of tetrazole rings is 1. The van der Waals surface area contributed by atoms with Crippen molar-refractivity contribution in [1.29, 1.82) is 0 Å². The minimum atomic E-state index is -0.572. The van der Waals surface area contributed by atoms with Crippen molar-refractivity contribution in [3.8, 4) is 5.69 Å². The number of anilines is 1. The van der Waals surface area contributed by atoms with Crippen LogP contribution in [0, 0.1) is 12.8 Å². The van der Waals surface area contributed by atoms with Crippen LogP contribution in [0.4, 0.5) is 10.5 Å². The van der Waals surface area contributed by atoms with Crippen LogP contribution in [0.2, 0.25) is 0 Å². The number of urea groups is 1. The lowest BCUT2D eigenvalue weighted by Crippen LogP contribution is -2.52. The van der Waals surface area contributed by atoms with E-state index in [0.717, 1.165) is 48.4 Å². The van der Waals surface area contributed by atoms with E-state index >= 15 is 0 Å². The Labute approximate surface area is 177 Å². The number of nitrogens with one attached hydrogen (secondary N) is 1. The Hall–Kier alpha value is -3.22. The quantitative estimate of drug-likeness (QED) is 0.693. The number of hydrogen-bond donors (Lipinski definition) is 1. The molecule has 1 N–H and O–H groups in total. The fraction of sp³-hybridized carbons (Fsp3) is 0.391. The van der Waals surface area contributed by atoms with Crippen LogP contribution < -0.4 is 5.32 Å². The van der Waals surface area contributed by atoms with Crippen LogP contribution in [0.3, 0.4) is 0 Å². The standard InChI is InChI=1S/C23H28N6O/c1-17-13-15-23(16-14-17,28(3)22(30)24-19-10-5-4-6-11-19)21-25-26-27-29(21)20-12-8-7-9-18(20)2/h4-12,17H,13-16H2,1-3H3,(H,24,30). The van der Waals surface area contributed by atoms with Crippen molar-refractivity contribution in [1.82, 2.24) is 25.1 Å². The first-order valence-corrected chi connectivity index (χ1v) is 10.5. The molecule has 7 heteroatoms. The zero-order valence-corrected chi connectivity index (χ0v) is 17.7. The Kier molecular flexibility index (Phi) is 5.53. The van der Waals surface area contributed by atoms with Gasteiger partial charge < -0.3 is 10.2 Å². The average Bonchev–Trinajstić information content (AvgIpc) is 3.25. The van der Waals surface area contributed by atoms with E-state index in [-0.39, 0.29) is 6.03 Å². The van der Waals surface area contributed by atoms with E-state index in [9.17, 15) is 4.79 Å². The van der Waals surface area contributed by atoms with Gasteiger partial charge in [0.15, 0.2) is 5.82 Å². The lowest BCUT2D eigenvalue weighted by Gasteiger charge is -2.44. The Bertz CT molecular complexity index is 1010. The summed E-state index contributed by atoms with van der Waals surface area (Å²) in [6, 6.07) is 17.4. The summed E-state index contributed by atoms with van der Waals surface area (Å²) in [5.41, 5.74) is 2.22. The Morgan fingerprint density at radius 1 is 1.10 bits per heavy atom. The highest BCUT2D eigenvalue weighted by atomic mass is 16.2. The van der Waals surface area contributed by atoms with E-state index in [0.29, 0.717) is 5.92 Å². The molecule has 4 rings (SSSR count). The van der Waals surface area contributed by atoms with Gasteiger partial charge in [0.05, 0.1) is 5.69 Å². The molecular weight excluding hydrogens is 376 g/mol. The number of aryl methyl sites for hydroxylation is 1. The molecule has 0 bridgehead atoms. The number of nitrogens with zero attached hydrogens (tertiary/aromatic N) is 5. The lowest BCUT2D eigenvalue weighted by molar-refractivity contribution is 0.0786. The van der Waals surface area contributed by atoms with Crippen LogP contribution in [0.25, 0.3) is 5.69 Å². The SMILES string of the molecule is Cc1ccccc1-n1nnnc1C1(N(C)C(=O)Nc2ccccc2)CCC(C)CC1. The van der Waals surface area contributed by atoms with Gasteiger partial charge in [0, 0.05) is 12.7 Å². The molecular formula is C23H28N6O. The van der Waals surface area contributed by atoms with Crippen molar-refractivity contribution in [2.24, 2.45) is 5.92 Å². The van der Waals surface area contributed by atoms with Gasteiger partial charge >= 0.3 is 6.03 Å². The van der Waals surface area contributed by atoms with E-state index in [1.54, 1.807) is 9.58 Å². The highest BCUT2D eigenvalue weighted by molar-refractivity contribution is 5.89.